The summed E-state index contributed by atoms with van der Waals surface area (Å²) >= 11 is 0. The van der Waals surface area contributed by atoms with Gasteiger partial charge in [0.2, 0.25) is 5.91 Å². The molecule has 37 heavy (non-hydrogen) atoms. The maximum Gasteiger partial charge on any atom is 0.410 e. The molecular weight excluding hydrogens is 474 g/mol. The number of imidazole rings is 1. The van der Waals surface area contributed by atoms with Gasteiger partial charge in [0, 0.05) is 13.1 Å². The molecule has 10 heteroatoms. The smallest absolute Gasteiger partial charge is 0.410 e. The molecule has 0 spiro atoms. The number of aliphatic hydroxyl groups is 1. The Labute approximate surface area is 216 Å². The summed E-state index contributed by atoms with van der Waals surface area (Å²) in [7, 11) is 0. The number of aryl methyl sites for hydroxylation is 1. The van der Waals surface area contributed by atoms with E-state index in [0.29, 0.717) is 31.1 Å². The number of rotatable bonds is 9. The molecule has 1 aliphatic rings. The van der Waals surface area contributed by atoms with E-state index in [1.807, 2.05) is 59.9 Å². The summed E-state index contributed by atoms with van der Waals surface area (Å²) in [6.45, 7) is 6.42. The first-order valence-electron chi connectivity index (χ1n) is 12.4. The van der Waals surface area contributed by atoms with Crippen LogP contribution in [0.3, 0.4) is 0 Å². The third-order valence-electron chi connectivity index (χ3n) is 6.32. The highest BCUT2D eigenvalue weighted by atomic mass is 16.6. The number of benzene rings is 1. The molecule has 198 valence electrons. The highest BCUT2D eigenvalue weighted by Crippen LogP contribution is 2.23. The van der Waals surface area contributed by atoms with E-state index in [1.54, 1.807) is 13.8 Å². The van der Waals surface area contributed by atoms with Crippen LogP contribution in [0.2, 0.25) is 0 Å². The van der Waals surface area contributed by atoms with E-state index in [1.165, 1.54) is 4.90 Å². The molecule has 3 heterocycles. The predicted octanol–water partition coefficient (Wildman–Crippen LogP) is 2.46. The minimum Gasteiger partial charge on any atom is -0.443 e. The predicted molar refractivity (Wildman–Crippen MR) is 138 cm³/mol. The van der Waals surface area contributed by atoms with Gasteiger partial charge in [0.1, 0.15) is 18.5 Å². The molecule has 2 amide bonds. The number of amides is 2. The molecule has 1 aromatic carbocycles. The van der Waals surface area contributed by atoms with Crippen molar-refractivity contribution in [2.75, 3.05) is 19.7 Å². The standard InChI is InChI=1S/C27H35N5O5/c1-18-23-11-7-10-20(16-37-26(35)31-13-12-21(33)14-31)32(23)24(29-18)22(30-25(34)27(2,3)28)17-36-15-19-8-5-4-6-9-19/h4-11,21-22,33H,12-17,28H2,1-3H3,(H,30,34)/t21-,22?/m1/s1. The zero-order valence-corrected chi connectivity index (χ0v) is 21.5. The lowest BCUT2D eigenvalue weighted by Gasteiger charge is -2.24. The van der Waals surface area contributed by atoms with E-state index >= 15 is 0 Å². The summed E-state index contributed by atoms with van der Waals surface area (Å²) in [4.78, 5) is 31.7. The van der Waals surface area contributed by atoms with Crippen molar-refractivity contribution in [2.24, 2.45) is 5.73 Å². The van der Waals surface area contributed by atoms with Gasteiger partial charge in [-0.3, -0.25) is 9.20 Å². The van der Waals surface area contributed by atoms with Gasteiger partial charge in [-0.25, -0.2) is 9.78 Å². The molecule has 1 unspecified atom stereocenters. The van der Waals surface area contributed by atoms with Crippen LogP contribution in [0.4, 0.5) is 4.79 Å². The number of nitrogens with zero attached hydrogens (tertiary/aromatic N) is 3. The van der Waals surface area contributed by atoms with Crippen LogP contribution in [0.25, 0.3) is 5.52 Å². The molecule has 0 aliphatic carbocycles. The minimum absolute atomic E-state index is 0.000507. The Morgan fingerprint density at radius 1 is 1.19 bits per heavy atom. The van der Waals surface area contributed by atoms with Crippen molar-refractivity contribution in [2.45, 2.75) is 58.1 Å². The lowest BCUT2D eigenvalue weighted by atomic mass is 10.1. The van der Waals surface area contributed by atoms with Crippen molar-refractivity contribution < 1.29 is 24.2 Å². The fourth-order valence-electron chi connectivity index (χ4n) is 4.26. The number of hydrogen-bond acceptors (Lipinski definition) is 7. The Bertz CT molecular complexity index is 1240. The number of nitrogens with two attached hydrogens (primary N) is 1. The fraction of sp³-hybridized carbons (Fsp3) is 0.444. The van der Waals surface area contributed by atoms with Crippen LogP contribution in [-0.4, -0.2) is 62.7 Å². The molecule has 3 aromatic rings. The first kappa shape index (κ1) is 26.6. The Balaban J connectivity index is 1.60. The molecule has 0 saturated carbocycles. The van der Waals surface area contributed by atoms with Crippen LogP contribution < -0.4 is 11.1 Å². The number of nitrogens with one attached hydrogen (secondary N) is 1. The molecule has 1 fully saturated rings. The molecule has 2 aromatic heterocycles. The quantitative estimate of drug-likeness (QED) is 0.404. The maximum atomic E-state index is 12.9. The Morgan fingerprint density at radius 3 is 2.62 bits per heavy atom. The number of carbonyl (C=O) groups is 2. The monoisotopic (exact) mass is 509 g/mol. The lowest BCUT2D eigenvalue weighted by molar-refractivity contribution is -0.126. The van der Waals surface area contributed by atoms with Crippen molar-refractivity contribution in [3.05, 3.63) is 71.3 Å². The Kier molecular flexibility index (Phi) is 8.11. The summed E-state index contributed by atoms with van der Waals surface area (Å²) in [5.41, 5.74) is 8.26. The number of aliphatic hydroxyl groups excluding tert-OH is 1. The van der Waals surface area contributed by atoms with Crippen molar-refractivity contribution in [1.29, 1.82) is 0 Å². The zero-order chi connectivity index (χ0) is 26.6. The van der Waals surface area contributed by atoms with Gasteiger partial charge in [-0.15, -0.1) is 0 Å². The second-order valence-corrected chi connectivity index (χ2v) is 9.98. The highest BCUT2D eigenvalue weighted by molar-refractivity contribution is 5.85. The van der Waals surface area contributed by atoms with E-state index in [0.717, 1.165) is 16.8 Å². The maximum absolute atomic E-state index is 12.9. The fourth-order valence-corrected chi connectivity index (χ4v) is 4.26. The first-order chi connectivity index (χ1) is 17.6. The third-order valence-corrected chi connectivity index (χ3v) is 6.32. The van der Waals surface area contributed by atoms with Crippen molar-refractivity contribution in [1.82, 2.24) is 19.6 Å². The summed E-state index contributed by atoms with van der Waals surface area (Å²) in [5.74, 6) is 0.216. The highest BCUT2D eigenvalue weighted by Gasteiger charge is 2.29. The van der Waals surface area contributed by atoms with Crippen LogP contribution in [0.1, 0.15) is 49.1 Å². The van der Waals surface area contributed by atoms with Crippen LogP contribution in [-0.2, 0) is 27.5 Å². The molecule has 4 N–H and O–H groups in total. The van der Waals surface area contributed by atoms with Gasteiger partial charge in [0.05, 0.1) is 41.8 Å². The van der Waals surface area contributed by atoms with E-state index in [-0.39, 0.29) is 25.7 Å². The van der Waals surface area contributed by atoms with Gasteiger partial charge in [-0.05, 0) is 44.9 Å². The van der Waals surface area contributed by atoms with Gasteiger partial charge >= 0.3 is 6.09 Å². The molecule has 10 nitrogen and oxygen atoms in total. The molecule has 2 atom stereocenters. The van der Waals surface area contributed by atoms with Gasteiger partial charge in [0.15, 0.2) is 0 Å². The normalized spacial score (nSPS) is 16.7. The minimum atomic E-state index is -1.10. The van der Waals surface area contributed by atoms with Crippen LogP contribution in [0.5, 0.6) is 0 Å². The number of aromatic nitrogens is 2. The van der Waals surface area contributed by atoms with Crippen LogP contribution in [0.15, 0.2) is 48.5 Å². The summed E-state index contributed by atoms with van der Waals surface area (Å²) in [6, 6.07) is 14.8. The average Bonchev–Trinajstić information content (AvgIpc) is 3.45. The zero-order valence-electron chi connectivity index (χ0n) is 21.5. The van der Waals surface area contributed by atoms with E-state index in [2.05, 4.69) is 5.32 Å². The molecule has 0 bridgehead atoms. The number of pyridine rings is 1. The number of β-amino-alcohol motifs (C(OH)–C–C–N with tert-alkyl or cyclic N) is 1. The molecule has 1 saturated heterocycles. The topological polar surface area (TPSA) is 131 Å². The van der Waals surface area contributed by atoms with Gasteiger partial charge < -0.3 is 30.5 Å². The summed E-state index contributed by atoms with van der Waals surface area (Å²) in [5, 5.41) is 12.7. The van der Waals surface area contributed by atoms with Gasteiger partial charge in [-0.2, -0.15) is 0 Å². The number of ether oxygens (including phenoxy) is 2. The summed E-state index contributed by atoms with van der Waals surface area (Å²) < 4.78 is 13.5. The number of hydrogen-bond donors (Lipinski definition) is 3. The van der Waals surface area contributed by atoms with E-state index < -0.39 is 23.8 Å². The summed E-state index contributed by atoms with van der Waals surface area (Å²) in [6.07, 6.45) is -0.462. The number of fused-ring (bicyclic) bond motifs is 1. The Hall–Kier alpha value is -3.47. The van der Waals surface area contributed by atoms with E-state index in [9.17, 15) is 14.7 Å². The molecule has 1 aliphatic heterocycles. The number of carbonyl (C=O) groups excluding carboxylic acids is 2. The molecule has 0 radical (unpaired) electrons. The van der Waals surface area contributed by atoms with E-state index in [4.69, 9.17) is 20.2 Å². The largest absolute Gasteiger partial charge is 0.443 e. The molecular formula is C27H35N5O5. The average molecular weight is 510 g/mol. The third kappa shape index (κ3) is 6.46. The second kappa shape index (κ2) is 11.3. The van der Waals surface area contributed by atoms with Gasteiger partial charge in [-0.1, -0.05) is 36.4 Å². The number of likely N-dealkylation sites (tertiary alicyclic amines) is 1. The SMILES string of the molecule is Cc1nc(C(COCc2ccccc2)NC(=O)C(C)(C)N)n2c(COC(=O)N3CC[C@@H](O)C3)cccc12. The lowest BCUT2D eigenvalue weighted by Crippen LogP contribution is -2.51. The second-order valence-electron chi connectivity index (χ2n) is 9.98. The van der Waals surface area contributed by atoms with Crippen molar-refractivity contribution >= 4 is 17.5 Å². The van der Waals surface area contributed by atoms with Crippen molar-refractivity contribution in [3.8, 4) is 0 Å². The van der Waals surface area contributed by atoms with Crippen LogP contribution >= 0.6 is 0 Å². The van der Waals surface area contributed by atoms with Gasteiger partial charge in [0.25, 0.3) is 0 Å². The van der Waals surface area contributed by atoms with Crippen LogP contribution in [0, 0.1) is 6.92 Å². The Morgan fingerprint density at radius 2 is 1.95 bits per heavy atom. The molecule has 4 rings (SSSR count). The first-order valence-corrected chi connectivity index (χ1v) is 12.4. The van der Waals surface area contributed by atoms with Crippen molar-refractivity contribution in [3.63, 3.8) is 0 Å².